The number of likely N-dealkylation sites (N-methyl/N-ethyl adjacent to an activating group) is 1. The number of aliphatic hydroxyl groups is 1. The van der Waals surface area contributed by atoms with Crippen LogP contribution in [0.5, 0.6) is 0 Å². The molecule has 0 aromatic rings. The van der Waals surface area contributed by atoms with E-state index in [2.05, 4.69) is 48.5 Å². The fourth-order valence-corrected chi connectivity index (χ4v) is 13.9. The summed E-state index contributed by atoms with van der Waals surface area (Å²) in [6, 6.07) is 0. The van der Waals surface area contributed by atoms with E-state index in [0.29, 0.717) is 37.3 Å². The summed E-state index contributed by atoms with van der Waals surface area (Å²) in [5.41, 5.74) is 0.116. The molecule has 1 amide bonds. The van der Waals surface area contributed by atoms with Crippen molar-refractivity contribution in [2.45, 2.75) is 158 Å². The number of ether oxygens (including phenoxy) is 1. The van der Waals surface area contributed by atoms with Gasteiger partial charge in [-0.05, 0) is 144 Å². The highest BCUT2D eigenvalue weighted by Crippen LogP contribution is 2.77. The lowest BCUT2D eigenvalue weighted by molar-refractivity contribution is -0.235. The third-order valence-electron chi connectivity index (χ3n) is 17.4. The number of carbonyl (C=O) groups is 4. The zero-order chi connectivity index (χ0) is 40.7. The highest BCUT2D eigenvalue weighted by molar-refractivity contribution is 6.00. The van der Waals surface area contributed by atoms with Crippen molar-refractivity contribution in [2.75, 3.05) is 33.7 Å². The molecular weight excluding hydrogens is 693 g/mol. The molecule has 0 aromatic carbocycles. The Labute approximate surface area is 331 Å². The van der Waals surface area contributed by atoms with Crippen LogP contribution >= 0.6 is 0 Å². The van der Waals surface area contributed by atoms with E-state index < -0.39 is 28.9 Å². The van der Waals surface area contributed by atoms with Crippen molar-refractivity contribution in [1.82, 2.24) is 9.80 Å². The first-order valence-electron chi connectivity index (χ1n) is 21.8. The summed E-state index contributed by atoms with van der Waals surface area (Å²) >= 11 is 0. The number of aliphatic carboxylic acids is 1. The molecular formula is C46H74N2O7. The number of Topliss-reactive ketones (excluding diaryl/α,β-unsaturated/α-hetero) is 1. The van der Waals surface area contributed by atoms with Gasteiger partial charge in [0.1, 0.15) is 6.10 Å². The molecule has 9 heteroatoms. The van der Waals surface area contributed by atoms with Crippen LogP contribution in [0.4, 0.5) is 0 Å². The predicted octanol–water partition coefficient (Wildman–Crippen LogP) is 7.93. The van der Waals surface area contributed by atoms with E-state index in [-0.39, 0.29) is 64.3 Å². The van der Waals surface area contributed by atoms with E-state index in [1.165, 1.54) is 12.0 Å². The number of nitrogens with zero attached hydrogens (tertiary/aromatic N) is 2. The molecule has 0 unspecified atom stereocenters. The largest absolute Gasteiger partial charge is 0.481 e. The first-order valence-corrected chi connectivity index (χ1v) is 21.8. The van der Waals surface area contributed by atoms with Gasteiger partial charge in [0.25, 0.3) is 0 Å². The molecule has 6 aliphatic rings. The molecule has 6 aliphatic carbocycles. The van der Waals surface area contributed by atoms with Crippen molar-refractivity contribution < 1.29 is 34.1 Å². The van der Waals surface area contributed by atoms with Crippen LogP contribution in [0.1, 0.15) is 146 Å². The lowest BCUT2D eigenvalue weighted by atomic mass is 9.33. The topological polar surface area (TPSA) is 124 Å². The van der Waals surface area contributed by atoms with Crippen LogP contribution in [-0.2, 0) is 23.9 Å². The molecule has 55 heavy (non-hydrogen) atoms. The Morgan fingerprint density at radius 3 is 2.15 bits per heavy atom. The minimum absolute atomic E-state index is 0.0159. The zero-order valence-corrected chi connectivity index (χ0v) is 36.2. The monoisotopic (exact) mass is 767 g/mol. The van der Waals surface area contributed by atoms with E-state index in [0.717, 1.165) is 69.8 Å². The van der Waals surface area contributed by atoms with E-state index >= 15 is 0 Å². The Bertz CT molecular complexity index is 1580. The lowest BCUT2D eigenvalue weighted by Gasteiger charge is -2.72. The molecule has 0 aromatic heterocycles. The van der Waals surface area contributed by atoms with Gasteiger partial charge in [0, 0.05) is 30.3 Å². The van der Waals surface area contributed by atoms with Gasteiger partial charge >= 0.3 is 11.9 Å². The second kappa shape index (κ2) is 14.5. The average molecular weight is 767 g/mol. The summed E-state index contributed by atoms with van der Waals surface area (Å²) in [6.45, 7) is 20.8. The predicted molar refractivity (Wildman–Crippen MR) is 214 cm³/mol. The number of hydrogen-bond acceptors (Lipinski definition) is 7. The smallest absolute Gasteiger partial charge is 0.309 e. The van der Waals surface area contributed by atoms with Crippen molar-refractivity contribution in [1.29, 1.82) is 0 Å². The maximum atomic E-state index is 14.2. The fourth-order valence-electron chi connectivity index (χ4n) is 13.9. The number of rotatable bonds is 12. The third kappa shape index (κ3) is 6.85. The van der Waals surface area contributed by atoms with Crippen LogP contribution in [0.2, 0.25) is 0 Å². The van der Waals surface area contributed by atoms with Crippen molar-refractivity contribution in [3.63, 3.8) is 0 Å². The van der Waals surface area contributed by atoms with E-state index in [1.807, 2.05) is 23.9 Å². The number of esters is 1. The molecule has 0 bridgehead atoms. The first kappa shape index (κ1) is 42.3. The summed E-state index contributed by atoms with van der Waals surface area (Å²) in [6.07, 6.45) is 10.2. The summed E-state index contributed by atoms with van der Waals surface area (Å²) in [5.74, 6) is 0.390. The molecule has 0 saturated heterocycles. The number of carboxylic acids is 1. The number of carbonyl (C=O) groups excluding carboxylic acids is 3. The van der Waals surface area contributed by atoms with Gasteiger partial charge in [-0.1, -0.05) is 60.5 Å². The number of fused-ring (bicyclic) bond motifs is 7. The number of hydrogen-bond donors (Lipinski definition) is 2. The van der Waals surface area contributed by atoms with Crippen LogP contribution in [-0.4, -0.2) is 89.6 Å². The fraction of sp³-hybridized carbons (Fsp3) is 0.870. The summed E-state index contributed by atoms with van der Waals surface area (Å²) in [4.78, 5) is 56.6. The standard InChI is InChI=1S/C46H74N2O7/c1-28(2)38-31(49)23-46(34(50)26-48(25-29-13-12-14-29)36(51)27-47(10)11)22-21-44(8)30(39(38)46)15-16-33-43(7)19-18-35(55-37(52)24-41(3,4)40(53)54)42(5,6)32(43)17-20-45(33,44)9/h28-30,32-35,50H,12-27H2,1-11H3,(H,53,54)/t30-,32-,33-,34+,35+,43+,44-,45-,46+/m1/s1. The summed E-state index contributed by atoms with van der Waals surface area (Å²) in [7, 11) is 3.83. The van der Waals surface area contributed by atoms with Gasteiger partial charge in [-0.25, -0.2) is 0 Å². The van der Waals surface area contributed by atoms with Gasteiger partial charge in [0.2, 0.25) is 5.91 Å². The molecule has 310 valence electrons. The Morgan fingerprint density at radius 1 is 0.891 bits per heavy atom. The minimum atomic E-state index is -1.17. The maximum absolute atomic E-state index is 14.2. The third-order valence-corrected chi connectivity index (χ3v) is 17.4. The van der Waals surface area contributed by atoms with Crippen LogP contribution in [0.15, 0.2) is 11.1 Å². The highest BCUT2D eigenvalue weighted by Gasteiger charge is 2.71. The van der Waals surface area contributed by atoms with Gasteiger partial charge in [0.05, 0.1) is 24.5 Å². The van der Waals surface area contributed by atoms with E-state index in [1.54, 1.807) is 13.8 Å². The summed E-state index contributed by atoms with van der Waals surface area (Å²) < 4.78 is 6.18. The van der Waals surface area contributed by atoms with Crippen LogP contribution in [0.25, 0.3) is 0 Å². The Kier molecular flexibility index (Phi) is 11.2. The molecule has 0 spiro atoms. The number of allylic oxidation sites excluding steroid dienone is 1. The van der Waals surface area contributed by atoms with Crippen molar-refractivity contribution >= 4 is 23.6 Å². The summed E-state index contributed by atoms with van der Waals surface area (Å²) in [5, 5.41) is 22.2. The van der Waals surface area contributed by atoms with E-state index in [4.69, 9.17) is 4.74 Å². The number of carboxylic acid groups (broad SMARTS) is 1. The quantitative estimate of drug-likeness (QED) is 0.192. The Hall–Kier alpha value is -2.26. The number of amides is 1. The molecule has 0 aliphatic heterocycles. The normalized spacial score (nSPS) is 37.7. The molecule has 6 rings (SSSR count). The molecule has 5 fully saturated rings. The number of ketones is 1. The van der Waals surface area contributed by atoms with Gasteiger partial charge in [-0.2, -0.15) is 0 Å². The van der Waals surface area contributed by atoms with Gasteiger partial charge in [-0.3, -0.25) is 19.2 Å². The molecule has 5 saturated carbocycles. The second-order valence-electron chi connectivity index (χ2n) is 21.9. The minimum Gasteiger partial charge on any atom is -0.481 e. The van der Waals surface area contributed by atoms with Crippen LogP contribution < -0.4 is 0 Å². The van der Waals surface area contributed by atoms with Crippen LogP contribution in [0.3, 0.4) is 0 Å². The molecule has 0 radical (unpaired) electrons. The average Bonchev–Trinajstić information content (AvgIpc) is 3.36. The molecule has 0 heterocycles. The zero-order valence-electron chi connectivity index (χ0n) is 36.2. The van der Waals surface area contributed by atoms with Gasteiger partial charge < -0.3 is 24.7 Å². The highest BCUT2D eigenvalue weighted by atomic mass is 16.5. The Morgan fingerprint density at radius 2 is 1.56 bits per heavy atom. The van der Waals surface area contributed by atoms with E-state index in [9.17, 15) is 29.4 Å². The van der Waals surface area contributed by atoms with Gasteiger partial charge in [0.15, 0.2) is 5.78 Å². The number of aliphatic hydroxyl groups excluding tert-OH is 1. The molecule has 9 atom stereocenters. The lowest BCUT2D eigenvalue weighted by Crippen LogP contribution is -2.66. The maximum Gasteiger partial charge on any atom is 0.309 e. The van der Waals surface area contributed by atoms with Crippen LogP contribution in [0, 0.1) is 62.1 Å². The SMILES string of the molecule is CC(C)C1=C2[C@H]3CC[C@@H]4[C@@]5(C)CC[C@H](OC(=O)CC(C)(C)C(=O)O)C(C)(C)[C@H]5CC[C@@]4(C)[C@]3(C)CC[C@@]2([C@@H](O)CN(CC2CCC2)C(=O)CN(C)C)CC1=O. The van der Waals surface area contributed by atoms with Crippen molar-refractivity contribution in [3.8, 4) is 0 Å². The van der Waals surface area contributed by atoms with Gasteiger partial charge in [-0.15, -0.1) is 0 Å². The Balaban J connectivity index is 1.29. The molecule has 2 N–H and O–H groups in total. The molecule has 9 nitrogen and oxygen atoms in total. The van der Waals surface area contributed by atoms with Crippen molar-refractivity contribution in [2.24, 2.45) is 62.1 Å². The van der Waals surface area contributed by atoms with Crippen molar-refractivity contribution in [3.05, 3.63) is 11.1 Å². The first-order chi connectivity index (χ1) is 25.4. The second-order valence-corrected chi connectivity index (χ2v) is 21.9.